The molecule has 0 aliphatic carbocycles. The van der Waals surface area contributed by atoms with Gasteiger partial charge in [0.1, 0.15) is 21.9 Å². The van der Waals surface area contributed by atoms with Crippen molar-refractivity contribution in [2.24, 2.45) is 0 Å². The van der Waals surface area contributed by atoms with E-state index in [1.165, 1.54) is 25.2 Å². The van der Waals surface area contributed by atoms with Crippen LogP contribution in [0.15, 0.2) is 59.5 Å². The largest absolute Gasteiger partial charge is 0.500 e. The summed E-state index contributed by atoms with van der Waals surface area (Å²) < 4.78 is 16.4. The predicted molar refractivity (Wildman–Crippen MR) is 127 cm³/mol. The zero-order chi connectivity index (χ0) is 23.6. The molecule has 0 atom stereocenters. The molecule has 1 rings (SSSR count). The fourth-order valence-corrected chi connectivity index (χ4v) is 3.01. The maximum absolute atomic E-state index is 13.1. The maximum atomic E-state index is 13.1. The van der Waals surface area contributed by atoms with Crippen LogP contribution in [0, 0.1) is 0 Å². The van der Waals surface area contributed by atoms with Crippen LogP contribution >= 0.6 is 23.8 Å². The average Bonchev–Trinajstić information content (AvgIpc) is 2.66. The normalized spacial score (nSPS) is 14.7. The molecule has 1 N–H and O–H groups in total. The highest BCUT2D eigenvalue weighted by Gasteiger charge is 2.34. The summed E-state index contributed by atoms with van der Waals surface area (Å²) in [6, 6.07) is 0. The van der Waals surface area contributed by atoms with Crippen LogP contribution in [0.1, 0.15) is 41.0 Å². The van der Waals surface area contributed by atoms with E-state index >= 15 is 0 Å². The van der Waals surface area contributed by atoms with Crippen LogP contribution in [-0.2, 0) is 19.0 Å². The molecule has 1 aliphatic rings. The van der Waals surface area contributed by atoms with Crippen molar-refractivity contribution in [3.05, 3.63) is 59.5 Å². The number of carbonyl (C=O) groups is 1. The molecule has 0 aromatic heterocycles. The van der Waals surface area contributed by atoms with Gasteiger partial charge in [-0.25, -0.2) is 0 Å². The van der Waals surface area contributed by atoms with Gasteiger partial charge in [-0.2, -0.15) is 0 Å². The minimum Gasteiger partial charge on any atom is -0.500 e. The summed E-state index contributed by atoms with van der Waals surface area (Å²) in [4.78, 5) is 14.7. The van der Waals surface area contributed by atoms with Gasteiger partial charge in [-0.3, -0.25) is 9.69 Å². The molecule has 1 aliphatic heterocycles. The van der Waals surface area contributed by atoms with Crippen LogP contribution in [0.2, 0.25) is 0 Å². The lowest BCUT2D eigenvalue weighted by atomic mass is 10.1. The van der Waals surface area contributed by atoms with E-state index in [0.29, 0.717) is 24.4 Å². The van der Waals surface area contributed by atoms with Crippen LogP contribution < -0.4 is 5.32 Å². The minimum absolute atomic E-state index is 0.137. The molecule has 0 unspecified atom stereocenters. The summed E-state index contributed by atoms with van der Waals surface area (Å²) in [6.07, 6.45) is 1.93. The first-order valence-corrected chi connectivity index (χ1v) is 10.3. The molecule has 168 valence electrons. The summed E-state index contributed by atoms with van der Waals surface area (Å²) in [5, 5.41) is 3.10. The molecule has 6 nitrogen and oxygen atoms in total. The van der Waals surface area contributed by atoms with E-state index in [1.54, 1.807) is 0 Å². The van der Waals surface area contributed by atoms with E-state index in [2.05, 4.69) is 25.1 Å². The zero-order valence-corrected chi connectivity index (χ0v) is 20.6. The number of carbonyl (C=O) groups excluding carboxylic acids is 1. The van der Waals surface area contributed by atoms with E-state index in [-0.39, 0.29) is 33.1 Å². The number of hydrogen-bond acceptors (Lipinski definition) is 5. The molecule has 0 spiro atoms. The lowest BCUT2D eigenvalue weighted by Gasteiger charge is -2.34. The lowest BCUT2D eigenvalue weighted by molar-refractivity contribution is -0.130. The monoisotopic (exact) mass is 456 g/mol. The molecule has 1 heterocycles. The molecule has 0 aromatic carbocycles. The molecule has 0 saturated heterocycles. The molecule has 30 heavy (non-hydrogen) atoms. The van der Waals surface area contributed by atoms with E-state index in [4.69, 9.17) is 38.0 Å². The number of nitrogens with one attached hydrogen (secondary N) is 1. The van der Waals surface area contributed by atoms with Gasteiger partial charge in [-0.1, -0.05) is 50.8 Å². The van der Waals surface area contributed by atoms with Crippen LogP contribution in [0.3, 0.4) is 0 Å². The SMILES string of the molecule is C=C/C(NC(=S)C1=C(OC)CCN(C(=C)OC(C)(C)C)C1=O)=C(/OC)C(=C)Cl.CC. The van der Waals surface area contributed by atoms with Crippen LogP contribution in [-0.4, -0.2) is 42.2 Å². The van der Waals surface area contributed by atoms with Gasteiger partial charge in [0.2, 0.25) is 0 Å². The number of thiocarbonyl (C=S) groups is 1. The Bertz CT molecular complexity index is 764. The summed E-state index contributed by atoms with van der Waals surface area (Å²) in [5.74, 6) is 0.606. The number of methoxy groups -OCH3 is 2. The van der Waals surface area contributed by atoms with Crippen molar-refractivity contribution in [2.75, 3.05) is 20.8 Å². The number of rotatable bonds is 8. The molecule has 0 bridgehead atoms. The van der Waals surface area contributed by atoms with Crippen molar-refractivity contribution in [1.82, 2.24) is 10.2 Å². The first-order valence-electron chi connectivity index (χ1n) is 9.50. The topological polar surface area (TPSA) is 60.0 Å². The van der Waals surface area contributed by atoms with Crippen LogP contribution in [0.5, 0.6) is 0 Å². The number of halogens is 1. The first-order chi connectivity index (χ1) is 14.0. The van der Waals surface area contributed by atoms with E-state index in [9.17, 15) is 4.79 Å². The smallest absolute Gasteiger partial charge is 0.267 e. The molecule has 8 heteroatoms. The summed E-state index contributed by atoms with van der Waals surface area (Å²) in [6.45, 7) is 21.2. The number of nitrogens with zero attached hydrogens (tertiary/aromatic N) is 1. The van der Waals surface area contributed by atoms with Gasteiger partial charge in [-0.15, -0.1) is 0 Å². The molecular weight excluding hydrogens is 424 g/mol. The van der Waals surface area contributed by atoms with Gasteiger partial charge in [-0.05, 0) is 33.4 Å². The second kappa shape index (κ2) is 12.4. The number of allylic oxidation sites excluding steroid dienone is 2. The summed E-state index contributed by atoms with van der Waals surface area (Å²) in [7, 11) is 2.94. The Labute approximate surface area is 190 Å². The van der Waals surface area contributed by atoms with Crippen molar-refractivity contribution >= 4 is 34.7 Å². The highest BCUT2D eigenvalue weighted by Crippen LogP contribution is 2.26. The van der Waals surface area contributed by atoms with Gasteiger partial charge in [0.05, 0.1) is 24.9 Å². The van der Waals surface area contributed by atoms with Gasteiger partial charge < -0.3 is 19.5 Å². The van der Waals surface area contributed by atoms with Gasteiger partial charge in [0, 0.05) is 13.0 Å². The fourth-order valence-electron chi connectivity index (χ4n) is 2.52. The van der Waals surface area contributed by atoms with Gasteiger partial charge >= 0.3 is 0 Å². The van der Waals surface area contributed by atoms with Crippen LogP contribution in [0.25, 0.3) is 0 Å². The Hall–Kier alpha value is -2.25. The molecule has 0 radical (unpaired) electrons. The third-order valence-corrected chi connectivity index (χ3v) is 4.12. The standard InChI is InChI=1S/C20H27ClN2O4S.C2H6/c1-9-14(17(26-8)12(2)21)22-18(28)16-15(25-7)10-11-23(19(16)24)13(3)27-20(4,5)6;1-2/h9H,1-3,10-11H2,4-8H3,(H,22,28);1-2H3/b17-14-;. The van der Waals surface area contributed by atoms with E-state index in [1.807, 2.05) is 34.6 Å². The van der Waals surface area contributed by atoms with E-state index < -0.39 is 5.60 Å². The summed E-state index contributed by atoms with van der Waals surface area (Å²) in [5.41, 5.74) is 0.0940. The third kappa shape index (κ3) is 7.54. The van der Waals surface area contributed by atoms with Crippen molar-refractivity contribution in [2.45, 2.75) is 46.6 Å². The van der Waals surface area contributed by atoms with Crippen molar-refractivity contribution < 1.29 is 19.0 Å². The van der Waals surface area contributed by atoms with Gasteiger partial charge in [0.25, 0.3) is 5.91 Å². The van der Waals surface area contributed by atoms with Crippen LogP contribution in [0.4, 0.5) is 0 Å². The van der Waals surface area contributed by atoms with Gasteiger partial charge in [0.15, 0.2) is 11.6 Å². The Balaban J connectivity index is 0.00000407. The Kier molecular flexibility index (Phi) is 11.5. The predicted octanol–water partition coefficient (Wildman–Crippen LogP) is 5.15. The number of hydrogen-bond donors (Lipinski definition) is 1. The lowest BCUT2D eigenvalue weighted by Crippen LogP contribution is -2.43. The second-order valence-corrected chi connectivity index (χ2v) is 7.69. The van der Waals surface area contributed by atoms with Crippen molar-refractivity contribution in [3.63, 3.8) is 0 Å². The molecule has 0 aromatic rings. The highest BCUT2D eigenvalue weighted by atomic mass is 35.5. The average molecular weight is 457 g/mol. The fraction of sp³-hybridized carbons (Fsp3) is 0.455. The second-order valence-electron chi connectivity index (χ2n) is 6.83. The Morgan fingerprint density at radius 1 is 1.27 bits per heavy atom. The highest BCUT2D eigenvalue weighted by molar-refractivity contribution is 7.80. The Morgan fingerprint density at radius 2 is 1.83 bits per heavy atom. The minimum atomic E-state index is -0.492. The number of ether oxygens (including phenoxy) is 3. The van der Waals surface area contributed by atoms with E-state index in [0.717, 1.165) is 0 Å². The quantitative estimate of drug-likeness (QED) is 0.310. The maximum Gasteiger partial charge on any atom is 0.267 e. The third-order valence-electron chi connectivity index (χ3n) is 3.65. The molecule has 1 amide bonds. The van der Waals surface area contributed by atoms with Crippen molar-refractivity contribution in [3.8, 4) is 0 Å². The molecular formula is C22H33ClN2O4S. The Morgan fingerprint density at radius 3 is 2.23 bits per heavy atom. The molecule has 0 saturated carbocycles. The number of amides is 1. The summed E-state index contributed by atoms with van der Waals surface area (Å²) >= 11 is 11.4. The first kappa shape index (κ1) is 27.8. The van der Waals surface area contributed by atoms with Crippen molar-refractivity contribution in [1.29, 1.82) is 0 Å². The molecule has 0 fully saturated rings. The zero-order valence-electron chi connectivity index (χ0n) is 19.0.